The first kappa shape index (κ1) is 13.8. The van der Waals surface area contributed by atoms with Crippen molar-refractivity contribution >= 4 is 11.4 Å². The number of aliphatic hydroxyl groups excluding tert-OH is 1. The largest absolute Gasteiger partial charge is 0.395 e. The molecular formula is C13H21FN2O. The predicted molar refractivity (Wildman–Crippen MR) is 69.4 cm³/mol. The first-order chi connectivity index (χ1) is 7.79. The summed E-state index contributed by atoms with van der Waals surface area (Å²) in [6.45, 7) is 6.55. The minimum atomic E-state index is -0.474. The van der Waals surface area contributed by atoms with E-state index in [-0.39, 0.29) is 11.1 Å². The molecule has 1 atom stereocenters. The van der Waals surface area contributed by atoms with Crippen LogP contribution in [0.3, 0.4) is 0 Å². The molecule has 0 fully saturated rings. The van der Waals surface area contributed by atoms with E-state index in [0.29, 0.717) is 18.7 Å². The first-order valence-corrected chi connectivity index (χ1v) is 5.75. The summed E-state index contributed by atoms with van der Waals surface area (Å²) in [4.78, 5) is 0. The maximum absolute atomic E-state index is 13.1. The van der Waals surface area contributed by atoms with E-state index in [0.717, 1.165) is 0 Å². The van der Waals surface area contributed by atoms with Gasteiger partial charge in [-0.1, -0.05) is 26.8 Å². The van der Waals surface area contributed by atoms with Crippen LogP contribution in [-0.2, 0) is 0 Å². The molecule has 96 valence electrons. The van der Waals surface area contributed by atoms with Gasteiger partial charge in [0.05, 0.1) is 17.5 Å². The van der Waals surface area contributed by atoms with Crippen molar-refractivity contribution in [2.24, 2.45) is 5.41 Å². The van der Waals surface area contributed by atoms with Crippen molar-refractivity contribution in [2.75, 3.05) is 17.6 Å². The topological polar surface area (TPSA) is 58.3 Å². The third-order valence-corrected chi connectivity index (χ3v) is 2.43. The highest BCUT2D eigenvalue weighted by atomic mass is 19.1. The summed E-state index contributed by atoms with van der Waals surface area (Å²) in [5.74, 6) is -0.444. The summed E-state index contributed by atoms with van der Waals surface area (Å²) in [5, 5.41) is 12.8. The van der Waals surface area contributed by atoms with Crippen molar-refractivity contribution in [3.63, 3.8) is 0 Å². The van der Waals surface area contributed by atoms with Crippen LogP contribution in [-0.4, -0.2) is 17.8 Å². The number of nitrogens with one attached hydrogen (secondary N) is 1. The molecule has 0 aliphatic carbocycles. The van der Waals surface area contributed by atoms with E-state index in [9.17, 15) is 9.50 Å². The van der Waals surface area contributed by atoms with Gasteiger partial charge < -0.3 is 16.2 Å². The molecule has 4 heteroatoms. The van der Waals surface area contributed by atoms with Crippen LogP contribution in [0.15, 0.2) is 18.2 Å². The van der Waals surface area contributed by atoms with Crippen molar-refractivity contribution in [2.45, 2.75) is 33.3 Å². The Bertz CT molecular complexity index is 374. The maximum atomic E-state index is 13.1. The van der Waals surface area contributed by atoms with Crippen LogP contribution >= 0.6 is 0 Å². The third-order valence-electron chi connectivity index (χ3n) is 2.43. The van der Waals surface area contributed by atoms with Gasteiger partial charge in [-0.15, -0.1) is 0 Å². The van der Waals surface area contributed by atoms with Crippen LogP contribution in [0.2, 0.25) is 0 Å². The number of para-hydroxylation sites is 1. The number of anilines is 2. The zero-order valence-electron chi connectivity index (χ0n) is 10.6. The number of nitrogens with two attached hydrogens (primary N) is 1. The molecule has 0 spiro atoms. The average Bonchev–Trinajstić information content (AvgIpc) is 2.18. The Morgan fingerprint density at radius 2 is 2.06 bits per heavy atom. The summed E-state index contributed by atoms with van der Waals surface area (Å²) in [7, 11) is 0. The molecule has 0 saturated carbocycles. The number of aliphatic hydroxyl groups is 1. The third kappa shape index (κ3) is 4.61. The van der Waals surface area contributed by atoms with Crippen LogP contribution in [0, 0.1) is 11.2 Å². The molecule has 0 aliphatic rings. The van der Waals surface area contributed by atoms with Crippen molar-refractivity contribution in [1.82, 2.24) is 0 Å². The second-order valence-electron chi connectivity index (χ2n) is 5.50. The van der Waals surface area contributed by atoms with Gasteiger partial charge in [-0.25, -0.2) is 4.39 Å². The SMILES string of the molecule is CC(C)(C)CC(O)CNc1cccc(F)c1N. The van der Waals surface area contributed by atoms with Crippen molar-refractivity contribution in [3.8, 4) is 0 Å². The highest BCUT2D eigenvalue weighted by molar-refractivity contribution is 5.66. The average molecular weight is 240 g/mol. The molecule has 0 radical (unpaired) electrons. The van der Waals surface area contributed by atoms with Gasteiger partial charge in [0.2, 0.25) is 0 Å². The number of hydrogen-bond acceptors (Lipinski definition) is 3. The van der Waals surface area contributed by atoms with Crippen molar-refractivity contribution < 1.29 is 9.50 Å². The number of halogens is 1. The van der Waals surface area contributed by atoms with E-state index in [1.807, 2.05) is 0 Å². The zero-order chi connectivity index (χ0) is 13.1. The van der Waals surface area contributed by atoms with Crippen LogP contribution in [0.5, 0.6) is 0 Å². The summed E-state index contributed by atoms with van der Waals surface area (Å²) < 4.78 is 13.1. The Balaban J connectivity index is 2.53. The molecule has 1 aromatic rings. The Morgan fingerprint density at radius 3 is 2.65 bits per heavy atom. The molecule has 0 saturated heterocycles. The molecule has 1 rings (SSSR count). The van der Waals surface area contributed by atoms with Crippen LogP contribution in [0.4, 0.5) is 15.8 Å². The number of rotatable bonds is 4. The molecule has 3 nitrogen and oxygen atoms in total. The molecule has 17 heavy (non-hydrogen) atoms. The van der Waals surface area contributed by atoms with E-state index in [4.69, 9.17) is 5.73 Å². The highest BCUT2D eigenvalue weighted by Gasteiger charge is 2.16. The lowest BCUT2D eigenvalue weighted by molar-refractivity contribution is 0.132. The molecule has 4 N–H and O–H groups in total. The van der Waals surface area contributed by atoms with Gasteiger partial charge >= 0.3 is 0 Å². The number of benzene rings is 1. The van der Waals surface area contributed by atoms with E-state index in [1.54, 1.807) is 12.1 Å². The maximum Gasteiger partial charge on any atom is 0.148 e. The lowest BCUT2D eigenvalue weighted by atomic mass is 9.89. The predicted octanol–water partition coefficient (Wildman–Crippen LogP) is 2.62. The molecule has 0 aliphatic heterocycles. The van der Waals surface area contributed by atoms with Crippen molar-refractivity contribution in [3.05, 3.63) is 24.0 Å². The second kappa shape index (κ2) is 5.36. The second-order valence-corrected chi connectivity index (χ2v) is 5.50. The monoisotopic (exact) mass is 240 g/mol. The van der Waals surface area contributed by atoms with E-state index < -0.39 is 11.9 Å². The van der Waals surface area contributed by atoms with Gasteiger partial charge in [-0.05, 0) is 24.0 Å². The number of nitrogen functional groups attached to an aromatic ring is 1. The van der Waals surface area contributed by atoms with Crippen LogP contribution in [0.25, 0.3) is 0 Å². The van der Waals surface area contributed by atoms with Gasteiger partial charge in [-0.2, -0.15) is 0 Å². The summed E-state index contributed by atoms with van der Waals surface area (Å²) in [5.41, 5.74) is 6.26. The molecule has 1 aromatic carbocycles. The van der Waals surface area contributed by atoms with Gasteiger partial charge in [0.1, 0.15) is 5.82 Å². The molecule has 0 bridgehead atoms. The molecule has 1 unspecified atom stereocenters. The van der Waals surface area contributed by atoms with Crippen LogP contribution in [0.1, 0.15) is 27.2 Å². The Kier molecular flexibility index (Phi) is 4.34. The van der Waals surface area contributed by atoms with E-state index in [2.05, 4.69) is 26.1 Å². The lowest BCUT2D eigenvalue weighted by Gasteiger charge is -2.23. The van der Waals surface area contributed by atoms with Gasteiger partial charge in [0, 0.05) is 6.54 Å². The lowest BCUT2D eigenvalue weighted by Crippen LogP contribution is -2.25. The minimum absolute atomic E-state index is 0.0641. The first-order valence-electron chi connectivity index (χ1n) is 5.75. The Labute approximate surface area is 102 Å². The Morgan fingerprint density at radius 1 is 1.41 bits per heavy atom. The molecule has 0 heterocycles. The minimum Gasteiger partial charge on any atom is -0.395 e. The zero-order valence-corrected chi connectivity index (χ0v) is 10.6. The van der Waals surface area contributed by atoms with Gasteiger partial charge in [-0.3, -0.25) is 0 Å². The van der Waals surface area contributed by atoms with E-state index in [1.165, 1.54) is 6.07 Å². The quantitative estimate of drug-likeness (QED) is 0.709. The standard InChI is InChI=1S/C13H21FN2O/c1-13(2,3)7-9(17)8-16-11-6-4-5-10(14)12(11)15/h4-6,9,16-17H,7-8,15H2,1-3H3. The summed E-state index contributed by atoms with van der Waals surface area (Å²) in [6.07, 6.45) is 0.201. The summed E-state index contributed by atoms with van der Waals surface area (Å²) >= 11 is 0. The van der Waals surface area contributed by atoms with Crippen LogP contribution < -0.4 is 11.1 Å². The molecule has 0 amide bonds. The Hall–Kier alpha value is -1.29. The molecular weight excluding hydrogens is 219 g/mol. The fraction of sp³-hybridized carbons (Fsp3) is 0.538. The fourth-order valence-electron chi connectivity index (χ4n) is 1.70. The summed E-state index contributed by atoms with van der Waals surface area (Å²) in [6, 6.07) is 4.60. The van der Waals surface area contributed by atoms with Gasteiger partial charge in [0.15, 0.2) is 0 Å². The van der Waals surface area contributed by atoms with Gasteiger partial charge in [0.25, 0.3) is 0 Å². The smallest absolute Gasteiger partial charge is 0.148 e. The van der Waals surface area contributed by atoms with Crippen molar-refractivity contribution in [1.29, 1.82) is 0 Å². The van der Waals surface area contributed by atoms with E-state index >= 15 is 0 Å². The highest BCUT2D eigenvalue weighted by Crippen LogP contribution is 2.23. The molecule has 0 aromatic heterocycles. The normalized spacial score (nSPS) is 13.5. The fourth-order valence-corrected chi connectivity index (χ4v) is 1.70. The number of hydrogen-bond donors (Lipinski definition) is 3.